The smallest absolute Gasteiger partial charge is 0.251 e. The van der Waals surface area contributed by atoms with Crippen LogP contribution in [0.1, 0.15) is 30.0 Å². The summed E-state index contributed by atoms with van der Waals surface area (Å²) in [6.45, 7) is 4.52. The molecule has 1 fully saturated rings. The number of carbonyl (C=O) groups excluding carboxylic acids is 3. The Morgan fingerprint density at radius 2 is 1.90 bits per heavy atom. The summed E-state index contributed by atoms with van der Waals surface area (Å²) in [4.78, 5) is 36.4. The minimum Gasteiger partial charge on any atom is -0.360 e. The van der Waals surface area contributed by atoms with Crippen LogP contribution in [-0.2, 0) is 19.6 Å². The van der Waals surface area contributed by atoms with E-state index in [9.17, 15) is 22.8 Å². The van der Waals surface area contributed by atoms with Crippen molar-refractivity contribution >= 4 is 39.3 Å². The average Bonchev–Trinajstić information content (AvgIpc) is 3.10. The van der Waals surface area contributed by atoms with Crippen LogP contribution in [0.15, 0.2) is 34.9 Å². The summed E-state index contributed by atoms with van der Waals surface area (Å²) in [5, 5.41) is 8.53. The number of aryl methyl sites for hydroxylation is 1. The molecule has 0 radical (unpaired) electrons. The summed E-state index contributed by atoms with van der Waals surface area (Å²) in [5.74, 6) is -1.04. The van der Waals surface area contributed by atoms with E-state index in [2.05, 4.69) is 15.8 Å². The Hall–Kier alpha value is -3.21. The topological polar surface area (TPSA) is 139 Å². The second kappa shape index (κ2) is 7.32. The molecule has 3 amide bonds. The predicted octanol–water partition coefficient (Wildman–Crippen LogP) is 1.05. The minimum absolute atomic E-state index is 0.163. The van der Waals surface area contributed by atoms with E-state index in [0.29, 0.717) is 5.76 Å². The lowest BCUT2D eigenvalue weighted by atomic mass is 9.95. The van der Waals surface area contributed by atoms with Crippen LogP contribution in [0.2, 0.25) is 0 Å². The number of amides is 3. The first kappa shape index (κ1) is 20.5. The molecule has 0 spiro atoms. The van der Waals surface area contributed by atoms with Gasteiger partial charge in [0.05, 0.1) is 23.4 Å². The van der Waals surface area contributed by atoms with E-state index < -0.39 is 33.2 Å². The summed E-state index contributed by atoms with van der Waals surface area (Å²) in [6, 6.07) is 7.07. The number of nitrogens with zero attached hydrogens (tertiary/aromatic N) is 2. The summed E-state index contributed by atoms with van der Waals surface area (Å²) in [7, 11) is -3.76. The van der Waals surface area contributed by atoms with Crippen LogP contribution in [0.3, 0.4) is 0 Å². The van der Waals surface area contributed by atoms with Gasteiger partial charge in [-0.05, 0) is 45.0 Å². The molecule has 154 valence electrons. The van der Waals surface area contributed by atoms with Crippen LogP contribution in [0.5, 0.6) is 0 Å². The van der Waals surface area contributed by atoms with Crippen LogP contribution in [-0.4, -0.2) is 43.6 Å². The van der Waals surface area contributed by atoms with Crippen molar-refractivity contribution in [2.75, 3.05) is 21.9 Å². The normalized spacial score (nSPS) is 17.2. The number of benzene rings is 1. The van der Waals surface area contributed by atoms with Gasteiger partial charge in [0, 0.05) is 11.6 Å². The molecule has 1 aliphatic rings. The highest BCUT2D eigenvalue weighted by atomic mass is 32.2. The molecule has 0 unspecified atom stereocenters. The van der Waals surface area contributed by atoms with Gasteiger partial charge in [0.15, 0.2) is 5.82 Å². The van der Waals surface area contributed by atoms with E-state index in [1.165, 1.54) is 30.3 Å². The second-order valence-corrected chi connectivity index (χ2v) is 9.13. The lowest BCUT2D eigenvalue weighted by Gasteiger charge is -2.17. The first-order chi connectivity index (χ1) is 13.5. The van der Waals surface area contributed by atoms with Crippen LogP contribution in [0.4, 0.5) is 11.5 Å². The first-order valence-electron chi connectivity index (χ1n) is 8.68. The zero-order valence-corrected chi connectivity index (χ0v) is 16.9. The highest BCUT2D eigenvalue weighted by Gasteiger charge is 2.49. The van der Waals surface area contributed by atoms with Crippen molar-refractivity contribution in [2.45, 2.75) is 20.8 Å². The summed E-state index contributed by atoms with van der Waals surface area (Å²) in [6.07, 6.45) is 0. The Kier molecular flexibility index (Phi) is 5.18. The molecule has 11 heteroatoms. The third kappa shape index (κ3) is 4.29. The van der Waals surface area contributed by atoms with Crippen molar-refractivity contribution < 1.29 is 27.3 Å². The zero-order valence-electron chi connectivity index (χ0n) is 16.1. The lowest BCUT2D eigenvalue weighted by Crippen LogP contribution is -2.33. The number of anilines is 2. The Morgan fingerprint density at radius 3 is 2.41 bits per heavy atom. The molecule has 3 rings (SSSR count). The monoisotopic (exact) mass is 420 g/mol. The van der Waals surface area contributed by atoms with Gasteiger partial charge in [-0.2, -0.15) is 0 Å². The van der Waals surface area contributed by atoms with E-state index in [4.69, 9.17) is 4.52 Å². The molecule has 10 nitrogen and oxygen atoms in total. The maximum Gasteiger partial charge on any atom is 0.251 e. The standard InChI is InChI=1S/C18H20N4O6S/c1-11-8-14(21-28-11)20-15(23)9-19-16(24)12-4-6-13(7-5-12)22-17(25)18(2,3)10-29(22,26)27/h4-8H,9-10H2,1-3H3,(H,19,24)(H,20,21,23). The molecule has 0 bridgehead atoms. The zero-order chi connectivity index (χ0) is 21.4. The fraction of sp³-hybridized carbons (Fsp3) is 0.333. The molecule has 0 saturated carbocycles. The molecule has 2 N–H and O–H groups in total. The van der Waals surface area contributed by atoms with Gasteiger partial charge in [-0.25, -0.2) is 12.7 Å². The summed E-state index contributed by atoms with van der Waals surface area (Å²) < 4.78 is 30.2. The molecule has 1 aliphatic heterocycles. The molecule has 0 atom stereocenters. The molecule has 0 aliphatic carbocycles. The first-order valence-corrected chi connectivity index (χ1v) is 10.3. The van der Waals surface area contributed by atoms with Gasteiger partial charge in [-0.15, -0.1) is 0 Å². The van der Waals surface area contributed by atoms with Gasteiger partial charge in [-0.1, -0.05) is 5.16 Å². The van der Waals surface area contributed by atoms with Crippen LogP contribution in [0, 0.1) is 12.3 Å². The van der Waals surface area contributed by atoms with Gasteiger partial charge in [0.1, 0.15) is 5.76 Å². The Bertz CT molecular complexity index is 1070. The molecule has 1 aromatic heterocycles. The van der Waals surface area contributed by atoms with Crippen molar-refractivity contribution in [3.8, 4) is 0 Å². The van der Waals surface area contributed by atoms with Crippen molar-refractivity contribution in [2.24, 2.45) is 5.41 Å². The van der Waals surface area contributed by atoms with E-state index in [0.717, 1.165) is 4.31 Å². The van der Waals surface area contributed by atoms with Crippen LogP contribution < -0.4 is 14.9 Å². The molecule has 1 aromatic carbocycles. The molecule has 1 saturated heterocycles. The van der Waals surface area contributed by atoms with Crippen molar-refractivity contribution in [3.63, 3.8) is 0 Å². The minimum atomic E-state index is -3.76. The number of hydrogen-bond donors (Lipinski definition) is 2. The summed E-state index contributed by atoms with van der Waals surface area (Å²) in [5.41, 5.74) is -0.636. The number of rotatable bonds is 5. The second-order valence-electron chi connectivity index (χ2n) is 7.31. The van der Waals surface area contributed by atoms with Gasteiger partial charge in [-0.3, -0.25) is 14.4 Å². The quantitative estimate of drug-likeness (QED) is 0.737. The van der Waals surface area contributed by atoms with Gasteiger partial charge < -0.3 is 15.2 Å². The van der Waals surface area contributed by atoms with E-state index in [1.807, 2.05) is 0 Å². The van der Waals surface area contributed by atoms with Crippen molar-refractivity contribution in [1.29, 1.82) is 0 Å². The highest BCUT2D eigenvalue weighted by molar-refractivity contribution is 7.94. The molecular formula is C18H20N4O6S. The van der Waals surface area contributed by atoms with Gasteiger partial charge >= 0.3 is 0 Å². The predicted molar refractivity (Wildman–Crippen MR) is 104 cm³/mol. The maximum absolute atomic E-state index is 12.4. The SMILES string of the molecule is Cc1cc(NC(=O)CNC(=O)c2ccc(N3C(=O)C(C)(C)CS3(=O)=O)cc2)no1. The van der Waals surface area contributed by atoms with Crippen LogP contribution in [0.25, 0.3) is 0 Å². The van der Waals surface area contributed by atoms with Gasteiger partial charge in [0.2, 0.25) is 21.8 Å². The summed E-state index contributed by atoms with van der Waals surface area (Å²) >= 11 is 0. The fourth-order valence-corrected chi connectivity index (χ4v) is 4.99. The Balaban J connectivity index is 1.63. The number of nitrogens with one attached hydrogen (secondary N) is 2. The van der Waals surface area contributed by atoms with E-state index in [1.54, 1.807) is 20.8 Å². The van der Waals surface area contributed by atoms with Crippen molar-refractivity contribution in [3.05, 3.63) is 41.7 Å². The third-order valence-electron chi connectivity index (χ3n) is 4.25. The fourth-order valence-electron chi connectivity index (χ4n) is 2.88. The molecule has 29 heavy (non-hydrogen) atoms. The number of hydrogen-bond acceptors (Lipinski definition) is 7. The lowest BCUT2D eigenvalue weighted by molar-refractivity contribution is -0.123. The van der Waals surface area contributed by atoms with Crippen LogP contribution >= 0.6 is 0 Å². The molecule has 2 aromatic rings. The highest BCUT2D eigenvalue weighted by Crippen LogP contribution is 2.35. The maximum atomic E-state index is 12.4. The molecular weight excluding hydrogens is 400 g/mol. The third-order valence-corrected chi connectivity index (χ3v) is 6.27. The Labute approximate surface area is 167 Å². The number of sulfonamides is 1. The number of aromatic nitrogens is 1. The number of carbonyl (C=O) groups is 3. The van der Waals surface area contributed by atoms with Crippen molar-refractivity contribution in [1.82, 2.24) is 10.5 Å². The average molecular weight is 420 g/mol. The van der Waals surface area contributed by atoms with Gasteiger partial charge in [0.25, 0.3) is 5.91 Å². The van der Waals surface area contributed by atoms with E-state index >= 15 is 0 Å². The van der Waals surface area contributed by atoms with E-state index in [-0.39, 0.29) is 29.4 Å². The largest absolute Gasteiger partial charge is 0.360 e. The molecule has 2 heterocycles. The Morgan fingerprint density at radius 1 is 1.24 bits per heavy atom.